The van der Waals surface area contributed by atoms with Crippen LogP contribution in [0, 0.1) is 0 Å². The van der Waals surface area contributed by atoms with Crippen LogP contribution in [0.5, 0.6) is 5.75 Å². The maximum absolute atomic E-state index is 12.3. The molecule has 0 aliphatic heterocycles. The molecule has 2 rings (SSSR count). The summed E-state index contributed by atoms with van der Waals surface area (Å²) in [6.45, 7) is 8.94. The summed E-state index contributed by atoms with van der Waals surface area (Å²) in [6, 6.07) is 8.29. The van der Waals surface area contributed by atoms with Crippen LogP contribution < -0.4 is 27.3 Å². The van der Waals surface area contributed by atoms with E-state index in [9.17, 15) is 4.79 Å². The maximum atomic E-state index is 12.3. The molecule has 0 spiro atoms. The monoisotopic (exact) mass is 560 g/mol. The van der Waals surface area contributed by atoms with Gasteiger partial charge in [-0.2, -0.15) is 0 Å². The molecule has 1 heterocycles. The molecule has 1 aromatic heterocycles. The average Bonchev–Trinajstić information content (AvgIpc) is 2.91. The number of aryl methyl sites for hydroxylation is 1. The number of halogens is 1. The van der Waals surface area contributed by atoms with Crippen LogP contribution in [0.4, 0.5) is 11.6 Å². The van der Waals surface area contributed by atoms with Crippen LogP contribution in [0.2, 0.25) is 5.15 Å². The van der Waals surface area contributed by atoms with Gasteiger partial charge in [-0.1, -0.05) is 63.3 Å². The standard InChI is InChI=1S/C28H45ClN8O2/c1-3-5-7-10-18-37(17-6-4-2)19-20-39-22-14-12-21(13-15-22)11-8-9-16-33-28(32)36-27(38)23-25(30)35-26(31)24(29)34-23/h12-15H,3-11,16-20H2,1-2H3,(H4,30,31,35)(H3,32,33,36,38). The van der Waals surface area contributed by atoms with Crippen LogP contribution in [0.15, 0.2) is 29.3 Å². The zero-order chi connectivity index (χ0) is 28.5. The molecular weight excluding hydrogens is 516 g/mol. The molecule has 1 amide bonds. The van der Waals surface area contributed by atoms with Crippen LogP contribution in [0.3, 0.4) is 0 Å². The molecule has 216 valence electrons. The Kier molecular flexibility index (Phi) is 15.0. The minimum Gasteiger partial charge on any atom is -0.492 e. The largest absolute Gasteiger partial charge is 0.492 e. The van der Waals surface area contributed by atoms with Gasteiger partial charge in [0.05, 0.1) is 0 Å². The van der Waals surface area contributed by atoms with Crippen molar-refractivity contribution in [3.05, 3.63) is 40.7 Å². The molecule has 39 heavy (non-hydrogen) atoms. The van der Waals surface area contributed by atoms with E-state index in [1.54, 1.807) is 0 Å². The first-order valence-electron chi connectivity index (χ1n) is 14.0. The van der Waals surface area contributed by atoms with Gasteiger partial charge in [-0.25, -0.2) is 9.97 Å². The van der Waals surface area contributed by atoms with Crippen molar-refractivity contribution in [2.45, 2.75) is 71.6 Å². The Bertz CT molecular complexity index is 1030. The second-order valence-corrected chi connectivity index (χ2v) is 9.92. The highest BCUT2D eigenvalue weighted by molar-refractivity contribution is 6.31. The number of ether oxygens (including phenoxy) is 1. The smallest absolute Gasteiger partial charge is 0.280 e. The molecule has 0 aliphatic rings. The van der Waals surface area contributed by atoms with E-state index in [2.05, 4.69) is 51.2 Å². The topological polar surface area (TPSA) is 158 Å². The van der Waals surface area contributed by atoms with Gasteiger partial charge in [0.2, 0.25) is 0 Å². The Morgan fingerprint density at radius 2 is 1.67 bits per heavy atom. The van der Waals surface area contributed by atoms with E-state index in [-0.39, 0.29) is 28.4 Å². The summed E-state index contributed by atoms with van der Waals surface area (Å²) in [5, 5.41) is 2.33. The van der Waals surface area contributed by atoms with Crippen molar-refractivity contribution in [1.82, 2.24) is 20.2 Å². The van der Waals surface area contributed by atoms with E-state index >= 15 is 0 Å². The molecule has 0 radical (unpaired) electrons. The minimum atomic E-state index is -0.647. The molecule has 2 aromatic rings. The maximum Gasteiger partial charge on any atom is 0.280 e. The predicted octanol–water partition coefficient (Wildman–Crippen LogP) is 4.42. The number of hydrogen-bond acceptors (Lipinski definition) is 8. The molecule has 0 bridgehead atoms. The van der Waals surface area contributed by atoms with E-state index in [0.717, 1.165) is 44.6 Å². The third-order valence-electron chi connectivity index (χ3n) is 6.27. The second-order valence-electron chi connectivity index (χ2n) is 9.56. The first-order chi connectivity index (χ1) is 18.8. The molecule has 0 unspecified atom stereocenters. The SMILES string of the molecule is CCCCCCN(CCCC)CCOc1ccc(CCCCN=C(N)NC(=O)c2nc(Cl)c(N)nc2N)cc1. The van der Waals surface area contributed by atoms with E-state index in [4.69, 9.17) is 33.5 Å². The predicted molar refractivity (Wildman–Crippen MR) is 160 cm³/mol. The summed E-state index contributed by atoms with van der Waals surface area (Å²) in [7, 11) is 0. The molecule has 11 heteroatoms. The van der Waals surface area contributed by atoms with Crippen LogP contribution >= 0.6 is 11.6 Å². The Morgan fingerprint density at radius 1 is 0.949 bits per heavy atom. The number of nitrogens with one attached hydrogen (secondary N) is 1. The number of guanidine groups is 1. The molecule has 10 nitrogen and oxygen atoms in total. The van der Waals surface area contributed by atoms with E-state index in [0.29, 0.717) is 13.2 Å². The normalized spacial score (nSPS) is 11.6. The number of hydrogen-bond donors (Lipinski definition) is 4. The van der Waals surface area contributed by atoms with Gasteiger partial charge in [0.25, 0.3) is 5.91 Å². The van der Waals surface area contributed by atoms with Crippen LogP contribution in [0.25, 0.3) is 0 Å². The van der Waals surface area contributed by atoms with Gasteiger partial charge < -0.3 is 21.9 Å². The summed E-state index contributed by atoms with van der Waals surface area (Å²) in [4.78, 5) is 26.6. The summed E-state index contributed by atoms with van der Waals surface area (Å²) in [5.74, 6) is 0.0505. The third kappa shape index (κ3) is 12.5. The zero-order valence-corrected chi connectivity index (χ0v) is 24.2. The third-order valence-corrected chi connectivity index (χ3v) is 6.55. The summed E-state index contributed by atoms with van der Waals surface area (Å²) in [6.07, 6.45) is 10.3. The Morgan fingerprint density at radius 3 is 2.38 bits per heavy atom. The van der Waals surface area contributed by atoms with Gasteiger partial charge in [-0.05, 0) is 62.9 Å². The lowest BCUT2D eigenvalue weighted by Gasteiger charge is -2.22. The molecular formula is C28H45ClN8O2. The second kappa shape index (κ2) is 18.2. The molecule has 0 atom stereocenters. The van der Waals surface area contributed by atoms with Gasteiger partial charge in [0.15, 0.2) is 28.4 Å². The number of anilines is 2. The van der Waals surface area contributed by atoms with Gasteiger partial charge in [-0.15, -0.1) is 0 Å². The van der Waals surface area contributed by atoms with Crippen molar-refractivity contribution in [2.75, 3.05) is 44.3 Å². The molecule has 0 fully saturated rings. The molecule has 0 aliphatic carbocycles. The first kappa shape index (κ1) is 32.1. The Hall–Kier alpha value is -3.11. The fraction of sp³-hybridized carbons (Fsp3) is 0.571. The fourth-order valence-electron chi connectivity index (χ4n) is 3.99. The zero-order valence-electron chi connectivity index (χ0n) is 23.4. The number of benzene rings is 1. The van der Waals surface area contributed by atoms with Gasteiger partial charge in [-0.3, -0.25) is 20.0 Å². The summed E-state index contributed by atoms with van der Waals surface area (Å²) in [5.41, 5.74) is 18.1. The Labute approximate surface area is 237 Å². The average molecular weight is 561 g/mol. The van der Waals surface area contributed by atoms with Crippen LogP contribution in [0.1, 0.15) is 81.3 Å². The molecule has 0 saturated heterocycles. The Balaban J connectivity index is 1.67. The number of unbranched alkanes of at least 4 members (excludes halogenated alkanes) is 5. The number of nitrogens with zero attached hydrogens (tertiary/aromatic N) is 4. The lowest BCUT2D eigenvalue weighted by Crippen LogP contribution is -2.38. The van der Waals surface area contributed by atoms with Crippen molar-refractivity contribution in [1.29, 1.82) is 0 Å². The number of carbonyl (C=O) groups is 1. The highest BCUT2D eigenvalue weighted by atomic mass is 35.5. The number of aliphatic imine (C=N–C) groups is 1. The van der Waals surface area contributed by atoms with E-state index in [1.165, 1.54) is 44.1 Å². The number of amides is 1. The lowest BCUT2D eigenvalue weighted by molar-refractivity contribution is 0.0972. The quantitative estimate of drug-likeness (QED) is 0.118. The van der Waals surface area contributed by atoms with Gasteiger partial charge in [0.1, 0.15) is 12.4 Å². The first-order valence-corrected chi connectivity index (χ1v) is 14.4. The number of aromatic nitrogens is 2. The van der Waals surface area contributed by atoms with Crippen LogP contribution in [-0.4, -0.2) is 59.5 Å². The lowest BCUT2D eigenvalue weighted by atomic mass is 10.1. The van der Waals surface area contributed by atoms with E-state index < -0.39 is 5.91 Å². The van der Waals surface area contributed by atoms with Crippen molar-refractivity contribution >= 4 is 35.1 Å². The van der Waals surface area contributed by atoms with Crippen molar-refractivity contribution in [2.24, 2.45) is 10.7 Å². The van der Waals surface area contributed by atoms with Gasteiger partial charge >= 0.3 is 0 Å². The number of carbonyl (C=O) groups excluding carboxylic acids is 1. The van der Waals surface area contributed by atoms with Crippen molar-refractivity contribution in [3.8, 4) is 5.75 Å². The summed E-state index contributed by atoms with van der Waals surface area (Å²) < 4.78 is 6.01. The number of rotatable bonds is 18. The molecule has 0 saturated carbocycles. The molecule has 7 N–H and O–H groups in total. The minimum absolute atomic E-state index is 0.0233. The van der Waals surface area contributed by atoms with Gasteiger partial charge in [0, 0.05) is 13.1 Å². The highest BCUT2D eigenvalue weighted by Crippen LogP contribution is 2.17. The number of nitrogens with two attached hydrogens (primary N) is 3. The fourth-order valence-corrected chi connectivity index (χ4v) is 4.12. The highest BCUT2D eigenvalue weighted by Gasteiger charge is 2.16. The van der Waals surface area contributed by atoms with E-state index in [1.807, 2.05) is 12.1 Å². The molecule has 1 aromatic carbocycles. The van der Waals surface area contributed by atoms with Crippen LogP contribution in [-0.2, 0) is 6.42 Å². The van der Waals surface area contributed by atoms with Crippen molar-refractivity contribution < 1.29 is 9.53 Å². The number of nitrogen functional groups attached to an aromatic ring is 2. The summed E-state index contributed by atoms with van der Waals surface area (Å²) >= 11 is 5.81. The van der Waals surface area contributed by atoms with Crippen molar-refractivity contribution in [3.63, 3.8) is 0 Å².